The van der Waals surface area contributed by atoms with Crippen molar-refractivity contribution in [3.63, 3.8) is 0 Å². The highest BCUT2D eigenvalue weighted by molar-refractivity contribution is 5.82. The Bertz CT molecular complexity index is 514. The number of aliphatic carboxylic acids is 1. The Morgan fingerprint density at radius 3 is 2.90 bits per heavy atom. The number of imidazole rings is 1. The molecule has 1 aliphatic rings. The third-order valence-corrected chi connectivity index (χ3v) is 3.96. The van der Waals surface area contributed by atoms with Crippen LogP contribution in [0.3, 0.4) is 0 Å². The molecule has 0 radical (unpaired) electrons. The lowest BCUT2D eigenvalue weighted by Crippen LogP contribution is -2.53. The number of piperidine rings is 1. The number of nitrogens with zero attached hydrogens (tertiary/aromatic N) is 3. The smallest absolute Gasteiger partial charge is 0.326 e. The van der Waals surface area contributed by atoms with Crippen molar-refractivity contribution in [2.45, 2.75) is 32.2 Å². The predicted molar refractivity (Wildman–Crippen MR) is 76.8 cm³/mol. The molecular weight excluding hydrogens is 272 g/mol. The van der Waals surface area contributed by atoms with Gasteiger partial charge in [0.05, 0.1) is 0 Å². The summed E-state index contributed by atoms with van der Waals surface area (Å²) in [5.41, 5.74) is 0. The van der Waals surface area contributed by atoms with Gasteiger partial charge in [0.1, 0.15) is 11.9 Å². The molecule has 2 unspecified atom stereocenters. The summed E-state index contributed by atoms with van der Waals surface area (Å²) in [6.07, 6.45) is 5.54. The van der Waals surface area contributed by atoms with Crippen LogP contribution in [0.2, 0.25) is 0 Å². The van der Waals surface area contributed by atoms with Crippen molar-refractivity contribution in [3.8, 4) is 0 Å². The largest absolute Gasteiger partial charge is 0.480 e. The van der Waals surface area contributed by atoms with Gasteiger partial charge >= 0.3 is 12.0 Å². The number of nitrogens with one attached hydrogen (secondary N) is 1. The third-order valence-electron chi connectivity index (χ3n) is 3.96. The highest BCUT2D eigenvalue weighted by Gasteiger charge is 2.34. The average molecular weight is 294 g/mol. The number of carbonyl (C=O) groups excluding carboxylic acids is 1. The minimum Gasteiger partial charge on any atom is -0.480 e. The van der Waals surface area contributed by atoms with Crippen LogP contribution in [0.25, 0.3) is 0 Å². The van der Waals surface area contributed by atoms with E-state index < -0.39 is 12.0 Å². The molecule has 1 aromatic heterocycles. The van der Waals surface area contributed by atoms with E-state index in [1.165, 1.54) is 4.90 Å². The van der Waals surface area contributed by atoms with Crippen LogP contribution in [0.1, 0.15) is 25.6 Å². The van der Waals surface area contributed by atoms with Gasteiger partial charge in [-0.3, -0.25) is 0 Å². The summed E-state index contributed by atoms with van der Waals surface area (Å²) in [7, 11) is 1.90. The number of rotatable bonds is 4. The number of carboxylic acids is 1. The summed E-state index contributed by atoms with van der Waals surface area (Å²) in [6, 6.07) is -1.02. The number of aryl methyl sites for hydroxylation is 1. The second kappa shape index (κ2) is 6.60. The van der Waals surface area contributed by atoms with Gasteiger partial charge in [-0.25, -0.2) is 14.6 Å². The molecule has 0 bridgehead atoms. The van der Waals surface area contributed by atoms with E-state index in [0.717, 1.165) is 12.2 Å². The van der Waals surface area contributed by atoms with Gasteiger partial charge in [-0.15, -0.1) is 0 Å². The molecule has 0 aromatic carbocycles. The van der Waals surface area contributed by atoms with Crippen molar-refractivity contribution in [1.82, 2.24) is 19.8 Å². The van der Waals surface area contributed by atoms with Gasteiger partial charge in [-0.1, -0.05) is 6.92 Å². The summed E-state index contributed by atoms with van der Waals surface area (Å²) in [4.78, 5) is 29.1. The Kier molecular flexibility index (Phi) is 4.82. The molecule has 2 rings (SSSR count). The minimum atomic E-state index is -0.930. The van der Waals surface area contributed by atoms with Crippen LogP contribution in [0.4, 0.5) is 4.79 Å². The fourth-order valence-electron chi connectivity index (χ4n) is 2.64. The molecule has 2 N–H and O–H groups in total. The molecule has 2 amide bonds. The first kappa shape index (κ1) is 15.3. The van der Waals surface area contributed by atoms with E-state index in [2.05, 4.69) is 10.3 Å². The summed E-state index contributed by atoms with van der Waals surface area (Å²) in [6.45, 7) is 2.96. The average Bonchev–Trinajstić information content (AvgIpc) is 2.84. The molecule has 2 heterocycles. The zero-order chi connectivity index (χ0) is 15.4. The summed E-state index contributed by atoms with van der Waals surface area (Å²) < 4.78 is 1.90. The SMILES string of the molecule is CC1CCN(C(=O)NCCc2nccn2C)C(C(=O)O)C1. The molecule has 7 nitrogen and oxygen atoms in total. The van der Waals surface area contributed by atoms with E-state index in [9.17, 15) is 14.7 Å². The zero-order valence-corrected chi connectivity index (χ0v) is 12.5. The molecule has 1 aliphatic heterocycles. The summed E-state index contributed by atoms with van der Waals surface area (Å²) >= 11 is 0. The number of hydrogen-bond acceptors (Lipinski definition) is 3. The molecule has 1 saturated heterocycles. The third kappa shape index (κ3) is 3.74. The first-order chi connectivity index (χ1) is 9.99. The number of aromatic nitrogens is 2. The van der Waals surface area contributed by atoms with Crippen LogP contribution in [0, 0.1) is 5.92 Å². The molecule has 0 saturated carbocycles. The lowest BCUT2D eigenvalue weighted by molar-refractivity contribution is -0.143. The lowest BCUT2D eigenvalue weighted by atomic mass is 9.93. The topological polar surface area (TPSA) is 87.5 Å². The Morgan fingerprint density at radius 2 is 2.29 bits per heavy atom. The quantitative estimate of drug-likeness (QED) is 0.862. The predicted octanol–water partition coefficient (Wildman–Crippen LogP) is 0.857. The van der Waals surface area contributed by atoms with E-state index in [1.54, 1.807) is 6.20 Å². The van der Waals surface area contributed by atoms with Gasteiger partial charge in [-0.05, 0) is 18.8 Å². The zero-order valence-electron chi connectivity index (χ0n) is 12.5. The summed E-state index contributed by atoms with van der Waals surface area (Å²) in [5, 5.41) is 12.0. The fraction of sp³-hybridized carbons (Fsp3) is 0.643. The van der Waals surface area contributed by atoms with E-state index in [0.29, 0.717) is 31.8 Å². The molecule has 1 aromatic rings. The van der Waals surface area contributed by atoms with E-state index in [4.69, 9.17) is 0 Å². The molecule has 2 atom stereocenters. The van der Waals surface area contributed by atoms with E-state index >= 15 is 0 Å². The number of hydrogen-bond donors (Lipinski definition) is 2. The van der Waals surface area contributed by atoms with Crippen molar-refractivity contribution >= 4 is 12.0 Å². The number of amides is 2. The van der Waals surface area contributed by atoms with Crippen molar-refractivity contribution in [2.75, 3.05) is 13.1 Å². The van der Waals surface area contributed by atoms with Crippen LogP contribution in [0.5, 0.6) is 0 Å². The van der Waals surface area contributed by atoms with Crippen LogP contribution >= 0.6 is 0 Å². The van der Waals surface area contributed by atoms with Gasteiger partial charge < -0.3 is 19.9 Å². The van der Waals surface area contributed by atoms with Gasteiger partial charge in [0, 0.05) is 39.0 Å². The van der Waals surface area contributed by atoms with E-state index in [-0.39, 0.29) is 6.03 Å². The Balaban J connectivity index is 1.87. The van der Waals surface area contributed by atoms with Crippen molar-refractivity contribution in [1.29, 1.82) is 0 Å². The maximum absolute atomic E-state index is 12.2. The summed E-state index contributed by atoms with van der Waals surface area (Å²) in [5.74, 6) is 0.292. The first-order valence-corrected chi connectivity index (χ1v) is 7.22. The van der Waals surface area contributed by atoms with Gasteiger partial charge in [0.2, 0.25) is 0 Å². The van der Waals surface area contributed by atoms with Gasteiger partial charge in [-0.2, -0.15) is 0 Å². The van der Waals surface area contributed by atoms with Crippen molar-refractivity contribution in [2.24, 2.45) is 13.0 Å². The number of carboxylic acid groups (broad SMARTS) is 1. The fourth-order valence-corrected chi connectivity index (χ4v) is 2.64. The molecule has 0 spiro atoms. The van der Waals surface area contributed by atoms with Crippen molar-refractivity contribution < 1.29 is 14.7 Å². The molecule has 1 fully saturated rings. The number of carbonyl (C=O) groups is 2. The number of urea groups is 1. The van der Waals surface area contributed by atoms with Crippen LogP contribution < -0.4 is 5.32 Å². The monoisotopic (exact) mass is 294 g/mol. The maximum atomic E-state index is 12.2. The molecular formula is C14H22N4O3. The second-order valence-corrected chi connectivity index (χ2v) is 5.61. The Hall–Kier alpha value is -2.05. The highest BCUT2D eigenvalue weighted by atomic mass is 16.4. The molecule has 21 heavy (non-hydrogen) atoms. The second-order valence-electron chi connectivity index (χ2n) is 5.61. The molecule has 116 valence electrons. The standard InChI is InChI=1S/C14H22N4O3/c1-10-4-7-18(11(9-10)13(19)20)14(21)16-5-3-12-15-6-8-17(12)2/h6,8,10-11H,3-5,7,9H2,1-2H3,(H,16,21)(H,19,20). The Morgan fingerprint density at radius 1 is 1.52 bits per heavy atom. The van der Waals surface area contributed by atoms with Crippen LogP contribution in [-0.4, -0.2) is 50.7 Å². The highest BCUT2D eigenvalue weighted by Crippen LogP contribution is 2.22. The van der Waals surface area contributed by atoms with Gasteiger partial charge in [0.15, 0.2) is 0 Å². The minimum absolute atomic E-state index is 0.302. The van der Waals surface area contributed by atoms with E-state index in [1.807, 2.05) is 24.7 Å². The maximum Gasteiger partial charge on any atom is 0.326 e. The normalized spacial score (nSPS) is 22.1. The Labute approximate surface area is 124 Å². The molecule has 0 aliphatic carbocycles. The first-order valence-electron chi connectivity index (χ1n) is 7.22. The number of likely N-dealkylation sites (tertiary alicyclic amines) is 1. The van der Waals surface area contributed by atoms with Crippen molar-refractivity contribution in [3.05, 3.63) is 18.2 Å². The molecule has 7 heteroatoms. The van der Waals surface area contributed by atoms with Crippen LogP contribution in [0.15, 0.2) is 12.4 Å². The van der Waals surface area contributed by atoms with Gasteiger partial charge in [0.25, 0.3) is 0 Å². The lowest BCUT2D eigenvalue weighted by Gasteiger charge is -2.35. The van der Waals surface area contributed by atoms with Crippen LogP contribution in [-0.2, 0) is 18.3 Å².